The molecule has 176 valence electrons. The highest BCUT2D eigenvalue weighted by molar-refractivity contribution is 6.76. The fourth-order valence-electron chi connectivity index (χ4n) is 8.13. The van der Waals surface area contributed by atoms with Crippen LogP contribution in [0.2, 0.25) is 18.6 Å². The summed E-state index contributed by atoms with van der Waals surface area (Å²) in [4.78, 5) is 0. The molecular formula is C29H45NOSi. The zero-order valence-corrected chi connectivity index (χ0v) is 23.4. The van der Waals surface area contributed by atoms with Crippen molar-refractivity contribution in [1.82, 2.24) is 4.57 Å². The molecule has 0 saturated heterocycles. The van der Waals surface area contributed by atoms with E-state index in [0.717, 1.165) is 11.3 Å². The smallest absolute Gasteiger partial charge is 0.126 e. The summed E-state index contributed by atoms with van der Waals surface area (Å²) in [6.07, 6.45) is 8.07. The summed E-state index contributed by atoms with van der Waals surface area (Å²) < 4.78 is 8.50. The molecule has 2 nitrogen and oxygen atoms in total. The van der Waals surface area contributed by atoms with Gasteiger partial charge in [0.15, 0.2) is 0 Å². The molecule has 3 heteroatoms. The van der Waals surface area contributed by atoms with Gasteiger partial charge in [0, 0.05) is 16.5 Å². The van der Waals surface area contributed by atoms with Crippen molar-refractivity contribution in [2.24, 2.45) is 11.8 Å². The first-order valence-corrected chi connectivity index (χ1v) is 15.6. The highest BCUT2D eigenvalue weighted by atomic mass is 28.3. The van der Waals surface area contributed by atoms with E-state index < -0.39 is 8.24 Å². The molecular weight excluding hydrogens is 406 g/mol. The molecule has 32 heavy (non-hydrogen) atoms. The van der Waals surface area contributed by atoms with Crippen LogP contribution < -0.4 is 4.74 Å². The lowest BCUT2D eigenvalue weighted by molar-refractivity contribution is 0.122. The van der Waals surface area contributed by atoms with Crippen LogP contribution in [0.4, 0.5) is 0 Å². The van der Waals surface area contributed by atoms with E-state index in [1.807, 2.05) is 0 Å². The molecule has 3 unspecified atom stereocenters. The highest BCUT2D eigenvalue weighted by Gasteiger charge is 2.54. The normalized spacial score (nSPS) is 26.9. The van der Waals surface area contributed by atoms with Crippen LogP contribution in [0.1, 0.15) is 79.4 Å². The molecule has 3 atom stereocenters. The van der Waals surface area contributed by atoms with Crippen molar-refractivity contribution >= 4 is 13.8 Å². The number of methoxy groups -OCH3 is 1. The van der Waals surface area contributed by atoms with Crippen LogP contribution in [0.15, 0.2) is 35.9 Å². The van der Waals surface area contributed by atoms with Crippen molar-refractivity contribution in [3.8, 4) is 5.75 Å². The third-order valence-electron chi connectivity index (χ3n) is 8.49. The first-order chi connectivity index (χ1) is 14.6. The van der Waals surface area contributed by atoms with Gasteiger partial charge in [-0.3, -0.25) is 0 Å². The molecule has 1 fully saturated rings. The van der Waals surface area contributed by atoms with Crippen molar-refractivity contribution in [1.29, 1.82) is 0 Å². The zero-order chi connectivity index (χ0) is 23.9. The predicted octanol–water partition coefficient (Wildman–Crippen LogP) is 7.81. The third kappa shape index (κ3) is 3.55. The second-order valence-electron chi connectivity index (χ2n) is 13.5. The van der Waals surface area contributed by atoms with Gasteiger partial charge < -0.3 is 9.30 Å². The Morgan fingerprint density at radius 2 is 1.59 bits per heavy atom. The van der Waals surface area contributed by atoms with E-state index in [0.29, 0.717) is 11.8 Å². The van der Waals surface area contributed by atoms with Crippen LogP contribution in [0.5, 0.6) is 5.75 Å². The van der Waals surface area contributed by atoms with Gasteiger partial charge in [0.1, 0.15) is 14.0 Å². The molecule has 0 aliphatic heterocycles. The van der Waals surface area contributed by atoms with Crippen molar-refractivity contribution in [3.05, 3.63) is 47.1 Å². The Morgan fingerprint density at radius 3 is 2.16 bits per heavy atom. The molecule has 0 N–H and O–H groups in total. The minimum absolute atomic E-state index is 0.0350. The molecule has 4 rings (SSSR count). The van der Waals surface area contributed by atoms with Gasteiger partial charge >= 0.3 is 0 Å². The van der Waals surface area contributed by atoms with Gasteiger partial charge in [0.2, 0.25) is 0 Å². The Balaban J connectivity index is 1.76. The average Bonchev–Trinajstić information content (AvgIpc) is 3.15. The van der Waals surface area contributed by atoms with Crippen LogP contribution in [-0.2, 0) is 5.41 Å². The summed E-state index contributed by atoms with van der Waals surface area (Å²) in [6.45, 7) is 24.6. The highest BCUT2D eigenvalue weighted by Crippen LogP contribution is 2.59. The van der Waals surface area contributed by atoms with Crippen molar-refractivity contribution in [2.45, 2.75) is 103 Å². The molecule has 0 aromatic heterocycles. The monoisotopic (exact) mass is 451 g/mol. The van der Waals surface area contributed by atoms with Gasteiger partial charge in [0.25, 0.3) is 0 Å². The van der Waals surface area contributed by atoms with E-state index in [9.17, 15) is 0 Å². The molecule has 1 aromatic carbocycles. The number of fused-ring (bicyclic) bond motifs is 4. The summed E-state index contributed by atoms with van der Waals surface area (Å²) >= 11 is 0. The summed E-state index contributed by atoms with van der Waals surface area (Å²) in [7, 11) is 0.0469. The van der Waals surface area contributed by atoms with Gasteiger partial charge in [-0.2, -0.15) is 0 Å². The Labute approximate surface area is 198 Å². The minimum atomic E-state index is -1.72. The van der Waals surface area contributed by atoms with Crippen LogP contribution in [0.25, 0.3) is 5.57 Å². The zero-order valence-electron chi connectivity index (χ0n) is 22.4. The number of ether oxygens (including phenoxy) is 1. The summed E-state index contributed by atoms with van der Waals surface area (Å²) in [5.41, 5.74) is 7.06. The number of hydrogen-bond donors (Lipinski definition) is 0. The summed E-state index contributed by atoms with van der Waals surface area (Å²) in [5.74, 6) is 2.31. The number of benzene rings is 1. The fourth-order valence-corrected chi connectivity index (χ4v) is 14.1. The van der Waals surface area contributed by atoms with E-state index in [-0.39, 0.29) is 16.5 Å². The molecule has 1 saturated carbocycles. The molecule has 1 aromatic rings. The van der Waals surface area contributed by atoms with Gasteiger partial charge in [-0.25, -0.2) is 0 Å². The lowest BCUT2D eigenvalue weighted by Crippen LogP contribution is -2.67. The van der Waals surface area contributed by atoms with Crippen LogP contribution in [0.3, 0.4) is 0 Å². The second kappa shape index (κ2) is 7.34. The maximum atomic E-state index is 5.57. The van der Waals surface area contributed by atoms with Crippen molar-refractivity contribution < 1.29 is 4.74 Å². The van der Waals surface area contributed by atoms with E-state index >= 15 is 0 Å². The molecule has 0 bridgehead atoms. The van der Waals surface area contributed by atoms with E-state index in [1.165, 1.54) is 29.5 Å². The number of rotatable bonds is 3. The fraction of sp³-hybridized carbons (Fsp3) is 0.655. The Bertz CT molecular complexity index is 956. The third-order valence-corrected chi connectivity index (χ3v) is 13.5. The average molecular weight is 452 g/mol. The first-order valence-electron chi connectivity index (χ1n) is 12.5. The van der Waals surface area contributed by atoms with E-state index in [4.69, 9.17) is 4.74 Å². The lowest BCUT2D eigenvalue weighted by Gasteiger charge is -2.57. The molecule has 0 spiro atoms. The Hall–Kier alpha value is -1.32. The molecule has 3 aliphatic carbocycles. The first kappa shape index (κ1) is 23.8. The van der Waals surface area contributed by atoms with E-state index in [1.54, 1.807) is 12.7 Å². The standard InChI is InChI=1S/C29H45NOSi/c1-27(2,3)30(28(4,5)6)32(10,11)26-15-12-19-16-23-21-14-13-20(31-9)17-24(21)29(7,8)25(23)18-22(19)26/h13-14,16-19,22,26H,12,15H2,1-11H3. The van der Waals surface area contributed by atoms with Gasteiger partial charge in [-0.05, 0) is 99.7 Å². The minimum Gasteiger partial charge on any atom is -0.497 e. The predicted molar refractivity (Wildman–Crippen MR) is 141 cm³/mol. The van der Waals surface area contributed by atoms with Gasteiger partial charge in [-0.15, -0.1) is 0 Å². The Kier molecular flexibility index (Phi) is 5.46. The summed E-state index contributed by atoms with van der Waals surface area (Å²) in [5, 5.41) is 0. The quantitative estimate of drug-likeness (QED) is 0.434. The van der Waals surface area contributed by atoms with Crippen LogP contribution in [-0.4, -0.2) is 31.0 Å². The van der Waals surface area contributed by atoms with Crippen LogP contribution >= 0.6 is 0 Å². The summed E-state index contributed by atoms with van der Waals surface area (Å²) in [6, 6.07) is 6.68. The number of hydrogen-bond acceptors (Lipinski definition) is 2. The van der Waals surface area contributed by atoms with Crippen molar-refractivity contribution in [2.75, 3.05) is 7.11 Å². The topological polar surface area (TPSA) is 12.5 Å². The van der Waals surface area contributed by atoms with E-state index in [2.05, 4.69) is 103 Å². The largest absolute Gasteiger partial charge is 0.497 e. The molecule has 0 radical (unpaired) electrons. The number of nitrogens with zero attached hydrogens (tertiary/aromatic N) is 1. The van der Waals surface area contributed by atoms with Crippen molar-refractivity contribution in [3.63, 3.8) is 0 Å². The van der Waals surface area contributed by atoms with Crippen LogP contribution in [0, 0.1) is 11.8 Å². The molecule has 0 amide bonds. The Morgan fingerprint density at radius 1 is 0.969 bits per heavy atom. The maximum absolute atomic E-state index is 5.57. The number of allylic oxidation sites excluding steroid dienone is 4. The lowest BCUT2D eigenvalue weighted by atomic mass is 9.76. The molecule has 0 heterocycles. The maximum Gasteiger partial charge on any atom is 0.126 e. The second-order valence-corrected chi connectivity index (χ2v) is 17.9. The molecule has 3 aliphatic rings. The SMILES string of the molecule is COc1ccc2c(c1)C(C)(C)C1=CC3C(C=C12)CCC3[Si](C)(C)N(C(C)(C)C)C(C)(C)C. The van der Waals surface area contributed by atoms with Gasteiger partial charge in [-0.1, -0.05) is 51.6 Å². The van der Waals surface area contributed by atoms with Gasteiger partial charge in [0.05, 0.1) is 7.11 Å².